The highest BCUT2D eigenvalue weighted by molar-refractivity contribution is 5.71. The Balaban J connectivity index is 3.07. The van der Waals surface area contributed by atoms with Gasteiger partial charge in [-0.2, -0.15) is 0 Å². The molecule has 0 radical (unpaired) electrons. The van der Waals surface area contributed by atoms with Gasteiger partial charge in [-0.05, 0) is 33.1 Å². The van der Waals surface area contributed by atoms with Crippen LogP contribution in [0.1, 0.15) is 48.5 Å². The Labute approximate surface area is 92.8 Å². The fourth-order valence-corrected chi connectivity index (χ4v) is 2.39. The molecule has 1 saturated heterocycles. The molecule has 0 spiro atoms. The van der Waals surface area contributed by atoms with E-state index in [1.807, 2.05) is 32.6 Å². The van der Waals surface area contributed by atoms with Gasteiger partial charge in [0.1, 0.15) is 6.10 Å². The molecule has 1 rings (SSSR count). The first-order valence-corrected chi connectivity index (χ1v) is 5.55. The number of ether oxygens (including phenoxy) is 1. The third-order valence-corrected chi connectivity index (χ3v) is 2.82. The van der Waals surface area contributed by atoms with Crippen LogP contribution in [-0.4, -0.2) is 28.7 Å². The normalized spacial score (nSPS) is 28.2. The van der Waals surface area contributed by atoms with Crippen molar-refractivity contribution in [2.45, 2.75) is 66.2 Å². The third kappa shape index (κ3) is 2.27. The number of cyclic esters (lactones) is 1. The number of amides is 1. The van der Waals surface area contributed by atoms with Gasteiger partial charge in [0.2, 0.25) is 0 Å². The van der Waals surface area contributed by atoms with E-state index in [-0.39, 0.29) is 29.2 Å². The Kier molecular flexibility index (Phi) is 2.79. The van der Waals surface area contributed by atoms with Crippen LogP contribution in [0, 0.1) is 5.41 Å². The van der Waals surface area contributed by atoms with Crippen molar-refractivity contribution in [1.29, 1.82) is 0 Å². The monoisotopic (exact) mass is 213 g/mol. The predicted octanol–water partition coefficient (Wildman–Crippen LogP) is 3.04. The van der Waals surface area contributed by atoms with Crippen molar-refractivity contribution in [3.8, 4) is 0 Å². The van der Waals surface area contributed by atoms with E-state index in [2.05, 4.69) is 20.8 Å². The van der Waals surface area contributed by atoms with Crippen LogP contribution in [0.2, 0.25) is 0 Å². The van der Waals surface area contributed by atoms with Crippen molar-refractivity contribution in [2.75, 3.05) is 0 Å². The predicted molar refractivity (Wildman–Crippen MR) is 60.8 cm³/mol. The van der Waals surface area contributed by atoms with Gasteiger partial charge in [0.25, 0.3) is 0 Å². The van der Waals surface area contributed by atoms with Crippen LogP contribution in [0.5, 0.6) is 0 Å². The fraction of sp³-hybridized carbons (Fsp3) is 0.917. The summed E-state index contributed by atoms with van der Waals surface area (Å²) in [6.07, 6.45) is -0.216. The van der Waals surface area contributed by atoms with E-state index in [1.165, 1.54) is 0 Å². The summed E-state index contributed by atoms with van der Waals surface area (Å²) in [7, 11) is 0. The highest BCUT2D eigenvalue weighted by atomic mass is 16.6. The maximum absolute atomic E-state index is 11.8. The van der Waals surface area contributed by atoms with Crippen LogP contribution in [0.4, 0.5) is 4.79 Å². The summed E-state index contributed by atoms with van der Waals surface area (Å²) in [6.45, 7) is 14.6. The zero-order valence-electron chi connectivity index (χ0n) is 10.9. The molecular weight excluding hydrogens is 190 g/mol. The van der Waals surface area contributed by atoms with Crippen LogP contribution >= 0.6 is 0 Å². The molecule has 15 heavy (non-hydrogen) atoms. The summed E-state index contributed by atoms with van der Waals surface area (Å²) in [5.41, 5.74) is -0.140. The molecule has 0 saturated carbocycles. The summed E-state index contributed by atoms with van der Waals surface area (Å²) in [5, 5.41) is 0. The van der Waals surface area contributed by atoms with Crippen molar-refractivity contribution < 1.29 is 9.53 Å². The van der Waals surface area contributed by atoms with Gasteiger partial charge in [-0.3, -0.25) is 4.90 Å². The van der Waals surface area contributed by atoms with E-state index >= 15 is 0 Å². The van der Waals surface area contributed by atoms with Crippen molar-refractivity contribution in [2.24, 2.45) is 5.41 Å². The Morgan fingerprint density at radius 3 is 1.87 bits per heavy atom. The molecule has 88 valence electrons. The number of hydrogen-bond acceptors (Lipinski definition) is 2. The summed E-state index contributed by atoms with van der Waals surface area (Å²) < 4.78 is 5.33. The highest BCUT2D eigenvalue weighted by Crippen LogP contribution is 2.37. The van der Waals surface area contributed by atoms with Crippen LogP contribution in [0.15, 0.2) is 0 Å². The summed E-state index contributed by atoms with van der Waals surface area (Å²) in [5.74, 6) is 0. The summed E-state index contributed by atoms with van der Waals surface area (Å²) in [4.78, 5) is 13.7. The first kappa shape index (κ1) is 12.3. The lowest BCUT2D eigenvalue weighted by Crippen LogP contribution is -2.53. The minimum Gasteiger partial charge on any atom is -0.444 e. The second kappa shape index (κ2) is 3.39. The van der Waals surface area contributed by atoms with Gasteiger partial charge in [-0.15, -0.1) is 0 Å². The van der Waals surface area contributed by atoms with E-state index in [1.54, 1.807) is 0 Å². The smallest absolute Gasteiger partial charge is 0.410 e. The Hall–Kier alpha value is -0.730. The average molecular weight is 213 g/mol. The molecule has 1 aliphatic rings. The molecule has 3 heteroatoms. The van der Waals surface area contributed by atoms with E-state index in [0.717, 1.165) is 0 Å². The number of carbonyl (C=O) groups is 1. The largest absolute Gasteiger partial charge is 0.444 e. The molecule has 0 N–H and O–H groups in total. The van der Waals surface area contributed by atoms with Crippen LogP contribution < -0.4 is 0 Å². The Morgan fingerprint density at radius 2 is 1.60 bits per heavy atom. The molecule has 0 aromatic carbocycles. The van der Waals surface area contributed by atoms with Gasteiger partial charge < -0.3 is 4.74 Å². The second-order valence-corrected chi connectivity index (χ2v) is 6.44. The number of hydrogen-bond donors (Lipinski definition) is 0. The zero-order valence-corrected chi connectivity index (χ0v) is 10.9. The first-order valence-electron chi connectivity index (χ1n) is 5.55. The average Bonchev–Trinajstić information content (AvgIpc) is 2.22. The topological polar surface area (TPSA) is 29.5 Å². The van der Waals surface area contributed by atoms with Crippen LogP contribution in [0.3, 0.4) is 0 Å². The second-order valence-electron chi connectivity index (χ2n) is 6.44. The molecule has 1 aliphatic heterocycles. The molecule has 1 fully saturated rings. The van der Waals surface area contributed by atoms with Gasteiger partial charge in [0.05, 0.1) is 6.04 Å². The molecular formula is C12H23NO2. The maximum atomic E-state index is 11.8. The summed E-state index contributed by atoms with van der Waals surface area (Å²) >= 11 is 0. The zero-order chi connectivity index (χ0) is 12.0. The van der Waals surface area contributed by atoms with Gasteiger partial charge in [0.15, 0.2) is 0 Å². The number of carbonyl (C=O) groups excluding carboxylic acids is 1. The molecule has 1 heterocycles. The number of nitrogens with zero attached hydrogens (tertiary/aromatic N) is 1. The molecule has 0 aliphatic carbocycles. The molecule has 3 nitrogen and oxygen atoms in total. The first-order chi connectivity index (χ1) is 6.55. The maximum Gasteiger partial charge on any atom is 0.410 e. The van der Waals surface area contributed by atoms with E-state index < -0.39 is 0 Å². The molecule has 2 unspecified atom stereocenters. The third-order valence-electron chi connectivity index (χ3n) is 2.82. The van der Waals surface area contributed by atoms with Crippen molar-refractivity contribution >= 4 is 6.09 Å². The highest BCUT2D eigenvalue weighted by Gasteiger charge is 2.49. The molecule has 2 atom stereocenters. The van der Waals surface area contributed by atoms with E-state index in [0.29, 0.717) is 0 Å². The van der Waals surface area contributed by atoms with E-state index in [4.69, 9.17) is 4.74 Å². The SMILES string of the molecule is CC1OC(=O)N(C(C)(C)C)C1C(C)(C)C. The molecule has 1 amide bonds. The van der Waals surface area contributed by atoms with Crippen molar-refractivity contribution in [1.82, 2.24) is 4.90 Å². The van der Waals surface area contributed by atoms with E-state index in [9.17, 15) is 4.79 Å². The van der Waals surface area contributed by atoms with Crippen molar-refractivity contribution in [3.63, 3.8) is 0 Å². The lowest BCUT2D eigenvalue weighted by atomic mass is 9.81. The quantitative estimate of drug-likeness (QED) is 0.619. The van der Waals surface area contributed by atoms with Crippen LogP contribution in [0.25, 0.3) is 0 Å². The minimum absolute atomic E-state index is 0.0308. The van der Waals surface area contributed by atoms with Gasteiger partial charge >= 0.3 is 6.09 Å². The standard InChI is InChI=1S/C12H23NO2/c1-8-9(11(2,3)4)13(10(14)15-8)12(5,6)7/h8-9H,1-7H3. The minimum atomic E-state index is -0.185. The van der Waals surface area contributed by atoms with Gasteiger partial charge in [-0.1, -0.05) is 20.8 Å². The summed E-state index contributed by atoms with van der Waals surface area (Å²) in [6, 6.07) is 0.144. The number of rotatable bonds is 0. The lowest BCUT2D eigenvalue weighted by molar-refractivity contribution is 0.0738. The van der Waals surface area contributed by atoms with Crippen molar-refractivity contribution in [3.05, 3.63) is 0 Å². The van der Waals surface area contributed by atoms with Gasteiger partial charge in [-0.25, -0.2) is 4.79 Å². The lowest BCUT2D eigenvalue weighted by Gasteiger charge is -2.41. The fourth-order valence-electron chi connectivity index (χ4n) is 2.39. The Morgan fingerprint density at radius 1 is 1.13 bits per heavy atom. The van der Waals surface area contributed by atoms with Crippen LogP contribution in [-0.2, 0) is 4.74 Å². The molecule has 0 bridgehead atoms. The van der Waals surface area contributed by atoms with Gasteiger partial charge in [0, 0.05) is 5.54 Å². The molecule has 0 aromatic heterocycles. The molecule has 0 aromatic rings. The Bertz CT molecular complexity index is 260.